The Hall–Kier alpha value is -1.59. The lowest BCUT2D eigenvalue weighted by atomic mass is 10.1. The number of carbonyl (C=O) groups excluding carboxylic acids is 1. The first-order valence-corrected chi connectivity index (χ1v) is 9.53. The molecule has 0 spiro atoms. The fourth-order valence-corrected chi connectivity index (χ4v) is 3.81. The van der Waals surface area contributed by atoms with E-state index < -0.39 is 0 Å². The average molecular weight is 346 g/mol. The van der Waals surface area contributed by atoms with Crippen LogP contribution in [0.1, 0.15) is 42.5 Å². The Bertz CT molecular complexity index is 540. The molecule has 0 N–H and O–H groups in total. The summed E-state index contributed by atoms with van der Waals surface area (Å²) in [5.41, 5.74) is 0.762. The Labute approximate surface area is 150 Å². The molecule has 0 bridgehead atoms. The van der Waals surface area contributed by atoms with Gasteiger partial charge in [0.05, 0.1) is 6.61 Å². The van der Waals surface area contributed by atoms with Crippen molar-refractivity contribution in [3.63, 3.8) is 0 Å². The van der Waals surface area contributed by atoms with Gasteiger partial charge in [0.25, 0.3) is 5.91 Å². The monoisotopic (exact) mass is 346 g/mol. The maximum Gasteiger partial charge on any atom is 0.254 e. The van der Waals surface area contributed by atoms with Gasteiger partial charge in [0.1, 0.15) is 5.75 Å². The van der Waals surface area contributed by atoms with Crippen molar-refractivity contribution in [1.82, 2.24) is 9.80 Å². The zero-order chi connectivity index (χ0) is 17.5. The van der Waals surface area contributed by atoms with E-state index >= 15 is 0 Å². The molecule has 1 amide bonds. The molecule has 0 radical (unpaired) electrons. The van der Waals surface area contributed by atoms with Gasteiger partial charge in [0, 0.05) is 44.8 Å². The maximum absolute atomic E-state index is 12.9. The fraction of sp³-hybridized carbons (Fsp3) is 0.650. The van der Waals surface area contributed by atoms with E-state index in [9.17, 15) is 4.79 Å². The Morgan fingerprint density at radius 3 is 2.56 bits per heavy atom. The molecule has 1 aromatic rings. The number of amides is 1. The summed E-state index contributed by atoms with van der Waals surface area (Å²) in [5.74, 6) is 0.968. The predicted molar refractivity (Wildman–Crippen MR) is 98.2 cm³/mol. The van der Waals surface area contributed by atoms with Crippen LogP contribution >= 0.6 is 0 Å². The Morgan fingerprint density at radius 2 is 1.84 bits per heavy atom. The van der Waals surface area contributed by atoms with Crippen LogP contribution in [0.5, 0.6) is 5.75 Å². The number of likely N-dealkylation sites (tertiary alicyclic amines) is 2. The summed E-state index contributed by atoms with van der Waals surface area (Å²) in [5, 5.41) is 0. The first-order valence-electron chi connectivity index (χ1n) is 9.53. The van der Waals surface area contributed by atoms with Crippen molar-refractivity contribution in [3.8, 4) is 5.75 Å². The van der Waals surface area contributed by atoms with E-state index in [2.05, 4.69) is 9.80 Å². The molecule has 2 aliphatic rings. The smallest absolute Gasteiger partial charge is 0.254 e. The highest BCUT2D eigenvalue weighted by Gasteiger charge is 2.31. The molecule has 138 valence electrons. The number of ether oxygens (including phenoxy) is 2. The van der Waals surface area contributed by atoms with Gasteiger partial charge in [-0.1, -0.05) is 0 Å². The second-order valence-corrected chi connectivity index (χ2v) is 7.02. The van der Waals surface area contributed by atoms with Crippen molar-refractivity contribution in [2.24, 2.45) is 0 Å². The molecule has 5 nitrogen and oxygen atoms in total. The maximum atomic E-state index is 12.9. The van der Waals surface area contributed by atoms with E-state index in [1.807, 2.05) is 24.3 Å². The molecule has 5 heteroatoms. The quantitative estimate of drug-likeness (QED) is 0.679. The molecular formula is C20H30N2O3. The molecule has 1 atom stereocenters. The van der Waals surface area contributed by atoms with Gasteiger partial charge in [-0.2, -0.15) is 0 Å². The lowest BCUT2D eigenvalue weighted by molar-refractivity contribution is 0.0708. The molecule has 2 saturated heterocycles. The highest BCUT2D eigenvalue weighted by molar-refractivity contribution is 5.94. The van der Waals surface area contributed by atoms with Crippen molar-refractivity contribution in [3.05, 3.63) is 29.8 Å². The van der Waals surface area contributed by atoms with Gasteiger partial charge < -0.3 is 19.3 Å². The van der Waals surface area contributed by atoms with Gasteiger partial charge in [-0.15, -0.1) is 0 Å². The zero-order valence-corrected chi connectivity index (χ0v) is 15.3. The number of methoxy groups -OCH3 is 1. The molecular weight excluding hydrogens is 316 g/mol. The van der Waals surface area contributed by atoms with Crippen LogP contribution in [0.2, 0.25) is 0 Å². The minimum Gasteiger partial charge on any atom is -0.494 e. The second-order valence-electron chi connectivity index (χ2n) is 7.02. The van der Waals surface area contributed by atoms with E-state index in [1.54, 1.807) is 7.11 Å². The molecule has 0 unspecified atom stereocenters. The van der Waals surface area contributed by atoms with Crippen molar-refractivity contribution in [1.29, 1.82) is 0 Å². The lowest BCUT2D eigenvalue weighted by Crippen LogP contribution is -2.42. The third-order valence-electron chi connectivity index (χ3n) is 5.17. The number of benzene rings is 1. The number of hydrogen-bond acceptors (Lipinski definition) is 4. The van der Waals surface area contributed by atoms with E-state index in [0.29, 0.717) is 19.3 Å². The van der Waals surface area contributed by atoms with Gasteiger partial charge >= 0.3 is 0 Å². The summed E-state index contributed by atoms with van der Waals surface area (Å²) in [6, 6.07) is 7.94. The van der Waals surface area contributed by atoms with Crippen molar-refractivity contribution in [2.45, 2.75) is 38.1 Å². The molecule has 2 heterocycles. The van der Waals surface area contributed by atoms with Crippen LogP contribution in [-0.2, 0) is 4.74 Å². The Balaban J connectivity index is 1.54. The second kappa shape index (κ2) is 9.20. The van der Waals surface area contributed by atoms with Crippen molar-refractivity contribution in [2.75, 3.05) is 46.5 Å². The lowest BCUT2D eigenvalue weighted by Gasteiger charge is -2.28. The molecule has 25 heavy (non-hydrogen) atoms. The summed E-state index contributed by atoms with van der Waals surface area (Å²) in [6.07, 6.45) is 5.70. The van der Waals surface area contributed by atoms with Crippen molar-refractivity contribution < 1.29 is 14.3 Å². The molecule has 0 aromatic heterocycles. The standard InChI is InChI=1S/C20H30N2O3/c1-24-14-5-15-25-19-9-7-17(8-10-19)20(23)22-13-4-6-18(22)16-21-11-2-3-12-21/h7-10,18H,2-6,11-16H2,1H3/t18-/m0/s1. The minimum absolute atomic E-state index is 0.160. The molecule has 1 aromatic carbocycles. The van der Waals surface area contributed by atoms with E-state index in [4.69, 9.17) is 9.47 Å². The van der Waals surface area contributed by atoms with Crippen molar-refractivity contribution >= 4 is 5.91 Å². The third kappa shape index (κ3) is 4.95. The molecule has 0 aliphatic carbocycles. The van der Waals surface area contributed by atoms with Gasteiger partial charge in [-0.3, -0.25) is 4.79 Å². The van der Waals surface area contributed by atoms with Gasteiger partial charge in [-0.25, -0.2) is 0 Å². The van der Waals surface area contributed by atoms with Crippen LogP contribution < -0.4 is 4.74 Å². The van der Waals surface area contributed by atoms with Crippen LogP contribution in [0.15, 0.2) is 24.3 Å². The number of nitrogens with zero attached hydrogens (tertiary/aromatic N) is 2. The van der Waals surface area contributed by atoms with Gasteiger partial charge in [0.15, 0.2) is 0 Å². The molecule has 3 rings (SSSR count). The van der Waals surface area contributed by atoms with Crippen LogP contribution in [-0.4, -0.2) is 68.3 Å². The van der Waals surface area contributed by atoms with Crippen LogP contribution in [0.3, 0.4) is 0 Å². The third-order valence-corrected chi connectivity index (χ3v) is 5.17. The zero-order valence-electron chi connectivity index (χ0n) is 15.3. The van der Waals surface area contributed by atoms with Crippen LogP contribution in [0.25, 0.3) is 0 Å². The molecule has 0 saturated carbocycles. The van der Waals surface area contributed by atoms with Gasteiger partial charge in [0.2, 0.25) is 0 Å². The Kier molecular flexibility index (Phi) is 6.70. The largest absolute Gasteiger partial charge is 0.494 e. The summed E-state index contributed by atoms with van der Waals surface area (Å²) in [7, 11) is 1.69. The summed E-state index contributed by atoms with van der Waals surface area (Å²) >= 11 is 0. The minimum atomic E-state index is 0.160. The summed E-state index contributed by atoms with van der Waals surface area (Å²) in [4.78, 5) is 17.5. The average Bonchev–Trinajstić information content (AvgIpc) is 3.31. The van der Waals surface area contributed by atoms with Gasteiger partial charge in [-0.05, 0) is 63.0 Å². The fourth-order valence-electron chi connectivity index (χ4n) is 3.81. The first-order chi connectivity index (χ1) is 12.3. The first kappa shape index (κ1) is 18.2. The summed E-state index contributed by atoms with van der Waals surface area (Å²) < 4.78 is 10.7. The topological polar surface area (TPSA) is 42.0 Å². The van der Waals surface area contributed by atoms with E-state index in [0.717, 1.165) is 43.7 Å². The Morgan fingerprint density at radius 1 is 1.08 bits per heavy atom. The van der Waals surface area contributed by atoms with E-state index in [-0.39, 0.29) is 5.91 Å². The predicted octanol–water partition coefficient (Wildman–Crippen LogP) is 2.80. The number of rotatable bonds is 8. The van der Waals surface area contributed by atoms with E-state index in [1.165, 1.54) is 25.9 Å². The highest BCUT2D eigenvalue weighted by Crippen LogP contribution is 2.23. The number of hydrogen-bond donors (Lipinski definition) is 0. The number of carbonyl (C=O) groups is 1. The molecule has 2 aliphatic heterocycles. The normalized spacial score (nSPS) is 21.0. The van der Waals surface area contributed by atoms with Crippen LogP contribution in [0, 0.1) is 0 Å². The SMILES string of the molecule is COCCCOc1ccc(C(=O)N2CCC[C@H]2CN2CCCC2)cc1. The van der Waals surface area contributed by atoms with Crippen LogP contribution in [0.4, 0.5) is 0 Å². The highest BCUT2D eigenvalue weighted by atomic mass is 16.5. The summed E-state index contributed by atoms with van der Waals surface area (Å²) in [6.45, 7) is 5.62. The molecule has 2 fully saturated rings.